The minimum atomic E-state index is -1.74. The lowest BCUT2D eigenvalue weighted by Gasteiger charge is -2.49. The summed E-state index contributed by atoms with van der Waals surface area (Å²) in [6.07, 6.45) is -3.58. The number of carbonyl (C=O) groups excluding carboxylic acids is 1. The van der Waals surface area contributed by atoms with Crippen LogP contribution >= 0.6 is 0 Å². The monoisotopic (exact) mass is 810 g/mol. The third-order valence-corrected chi connectivity index (χ3v) is 13.1. The third kappa shape index (κ3) is 9.65. The number of hydrogen-bond acceptors (Lipinski definition) is 16. The zero-order chi connectivity index (χ0) is 42.2. The Morgan fingerprint density at radius 1 is 1.04 bits per heavy atom. The Bertz CT molecular complexity index is 1470. The van der Waals surface area contributed by atoms with Crippen molar-refractivity contribution in [2.24, 2.45) is 17.8 Å². The molecular weight excluding hydrogens is 738 g/mol. The van der Waals surface area contributed by atoms with Gasteiger partial charge in [0.15, 0.2) is 12.1 Å². The van der Waals surface area contributed by atoms with Crippen molar-refractivity contribution in [3.05, 3.63) is 6.07 Å². The van der Waals surface area contributed by atoms with Crippen LogP contribution in [0.1, 0.15) is 87.5 Å². The predicted octanol–water partition coefficient (Wildman–Crippen LogP) is 2.84. The van der Waals surface area contributed by atoms with Gasteiger partial charge < -0.3 is 63.2 Å². The van der Waals surface area contributed by atoms with Crippen LogP contribution in [-0.2, 0) is 28.5 Å². The summed E-state index contributed by atoms with van der Waals surface area (Å²) in [5.74, 6) is -2.05. The summed E-state index contributed by atoms with van der Waals surface area (Å²) >= 11 is 0. The van der Waals surface area contributed by atoms with Crippen molar-refractivity contribution >= 4 is 11.8 Å². The highest BCUT2D eigenvalue weighted by Crippen LogP contribution is 2.48. The number of cyclic esters (lactones) is 1. The normalized spacial score (nSPS) is 41.3. The molecule has 1 aromatic heterocycles. The highest BCUT2D eigenvalue weighted by molar-refractivity contribution is 5.73. The average Bonchev–Trinajstić information content (AvgIpc) is 3.24. The number of piperidine rings is 1. The lowest BCUT2D eigenvalue weighted by molar-refractivity contribution is -0.328. The first-order valence-electron chi connectivity index (χ1n) is 20.8. The van der Waals surface area contributed by atoms with Gasteiger partial charge in [0.1, 0.15) is 29.7 Å². The second-order valence-corrected chi connectivity index (χ2v) is 17.9. The van der Waals surface area contributed by atoms with Crippen molar-refractivity contribution in [1.82, 2.24) is 19.8 Å². The van der Waals surface area contributed by atoms with Crippen LogP contribution in [0.4, 0.5) is 5.82 Å². The Hall–Kier alpha value is -2.41. The number of aliphatic hydroxyl groups excluding tert-OH is 2. The maximum Gasteiger partial charge on any atom is 0.321 e. The molecule has 1 aromatic rings. The van der Waals surface area contributed by atoms with Gasteiger partial charge in [-0.3, -0.25) is 4.79 Å². The van der Waals surface area contributed by atoms with Crippen molar-refractivity contribution in [2.45, 2.75) is 159 Å². The number of nitrogens with zero attached hydrogens (tertiary/aromatic N) is 5. The molecule has 0 amide bonds. The lowest BCUT2D eigenvalue weighted by Crippen LogP contribution is -2.60. The standard InChI is InChI=1S/C41H71N5O11/c1-14-29-40(8,50)34(48)27(6)45(11)22-23(2)21-39(7)35(55-37-32(47)28(44(9)10)19-24(3)53-37)25(4)33(26(5)36(49)54-29)56-41(57-39)15-17-46(18-16-41)30-20-31(51-12)43-38(42-30)52-13/h20,23-29,32-35,37,47-48,50H,14-19,21-22H2,1-13H3/t23-,24-,25+,26-,27-,28?,29-,32-,33+,34-,35-,37+,39-,40-/m1/s1. The minimum Gasteiger partial charge on any atom is -0.481 e. The van der Waals surface area contributed by atoms with Crippen molar-refractivity contribution in [3.8, 4) is 11.9 Å². The van der Waals surface area contributed by atoms with E-state index in [9.17, 15) is 20.1 Å². The van der Waals surface area contributed by atoms with Gasteiger partial charge in [0.05, 0.1) is 44.1 Å². The van der Waals surface area contributed by atoms with E-state index in [1.54, 1.807) is 20.1 Å². The predicted molar refractivity (Wildman–Crippen MR) is 212 cm³/mol. The van der Waals surface area contributed by atoms with Crippen LogP contribution in [0.2, 0.25) is 0 Å². The molecule has 14 atom stereocenters. The summed E-state index contributed by atoms with van der Waals surface area (Å²) in [6.45, 7) is 16.7. The van der Waals surface area contributed by atoms with Crippen LogP contribution < -0.4 is 14.4 Å². The number of fused-ring (bicyclic) bond motifs is 3. The molecule has 1 unspecified atom stereocenters. The van der Waals surface area contributed by atoms with E-state index in [0.717, 1.165) is 0 Å². The molecule has 0 aliphatic carbocycles. The number of rotatable bonds is 7. The summed E-state index contributed by atoms with van der Waals surface area (Å²) in [7, 11) is 8.85. The van der Waals surface area contributed by atoms with E-state index in [1.165, 1.54) is 14.0 Å². The highest BCUT2D eigenvalue weighted by Gasteiger charge is 2.58. The van der Waals surface area contributed by atoms with Gasteiger partial charge in [-0.05, 0) is 80.9 Å². The number of aromatic nitrogens is 2. The summed E-state index contributed by atoms with van der Waals surface area (Å²) in [5, 5.41) is 35.1. The van der Waals surface area contributed by atoms with Gasteiger partial charge in [-0.1, -0.05) is 20.8 Å². The molecule has 16 heteroatoms. The van der Waals surface area contributed by atoms with Crippen molar-refractivity contribution < 1.29 is 53.3 Å². The molecule has 4 aliphatic heterocycles. The fraction of sp³-hybridized carbons (Fsp3) is 0.878. The molecule has 0 radical (unpaired) electrons. The number of ether oxygens (including phenoxy) is 7. The Labute approximate surface area is 339 Å². The molecule has 57 heavy (non-hydrogen) atoms. The number of anilines is 1. The largest absolute Gasteiger partial charge is 0.481 e. The first-order chi connectivity index (χ1) is 26.7. The van der Waals surface area contributed by atoms with Crippen LogP contribution in [0.15, 0.2) is 6.07 Å². The van der Waals surface area contributed by atoms with Crippen LogP contribution in [0.25, 0.3) is 0 Å². The van der Waals surface area contributed by atoms with E-state index in [0.29, 0.717) is 57.0 Å². The van der Waals surface area contributed by atoms with E-state index in [-0.39, 0.29) is 30.5 Å². The van der Waals surface area contributed by atoms with E-state index in [1.807, 2.05) is 65.6 Å². The van der Waals surface area contributed by atoms with Crippen molar-refractivity contribution in [2.75, 3.05) is 59.9 Å². The average molecular weight is 810 g/mol. The summed E-state index contributed by atoms with van der Waals surface area (Å²) < 4.78 is 45.0. The number of aliphatic hydroxyl groups is 3. The first-order valence-corrected chi connectivity index (χ1v) is 20.8. The maximum atomic E-state index is 14.4. The van der Waals surface area contributed by atoms with Crippen molar-refractivity contribution in [3.63, 3.8) is 0 Å². The summed E-state index contributed by atoms with van der Waals surface area (Å²) in [5.41, 5.74) is -2.77. The molecule has 4 aliphatic rings. The molecule has 0 saturated carbocycles. The molecule has 0 aromatic carbocycles. The fourth-order valence-corrected chi connectivity index (χ4v) is 9.75. The van der Waals surface area contributed by atoms with Crippen LogP contribution in [0.3, 0.4) is 0 Å². The number of carbonyl (C=O) groups is 1. The molecule has 16 nitrogen and oxygen atoms in total. The van der Waals surface area contributed by atoms with Gasteiger partial charge in [-0.2, -0.15) is 9.97 Å². The van der Waals surface area contributed by atoms with Crippen LogP contribution in [0, 0.1) is 17.8 Å². The van der Waals surface area contributed by atoms with E-state index < -0.39 is 77.6 Å². The SMILES string of the molecule is CC[C@H]1OC(=O)[C@H](C)[C@H]2OC3(CCN(c4cc(OC)nc(OC)n4)CC3)O[C@](C)(C[C@@H](C)CN(C)[C@H](C)[C@@H](O)[C@]1(C)O)[C@H](O[C@@H]1O[C@H](C)CC(N(C)C)[C@H]1O)[C@H]2C. The number of methoxy groups -OCH3 is 2. The Kier molecular flexibility index (Phi) is 14.5. The number of hydrogen-bond donors (Lipinski definition) is 3. The zero-order valence-corrected chi connectivity index (χ0v) is 36.5. The van der Waals surface area contributed by atoms with Gasteiger partial charge in [0.25, 0.3) is 0 Å². The van der Waals surface area contributed by atoms with Gasteiger partial charge >= 0.3 is 12.0 Å². The Morgan fingerprint density at radius 2 is 1.70 bits per heavy atom. The smallest absolute Gasteiger partial charge is 0.321 e. The minimum absolute atomic E-state index is 0.0133. The molecular formula is C41H71N5O11. The topological polar surface area (TPSA) is 178 Å². The van der Waals surface area contributed by atoms with Gasteiger partial charge in [0, 0.05) is 56.5 Å². The zero-order valence-electron chi connectivity index (χ0n) is 36.5. The second-order valence-electron chi connectivity index (χ2n) is 17.9. The van der Waals surface area contributed by atoms with E-state index in [2.05, 4.69) is 21.8 Å². The summed E-state index contributed by atoms with van der Waals surface area (Å²) in [4.78, 5) is 29.4. The van der Waals surface area contributed by atoms with Crippen LogP contribution in [0.5, 0.6) is 11.9 Å². The van der Waals surface area contributed by atoms with Crippen LogP contribution in [-0.4, -0.2) is 168 Å². The molecule has 1 spiro atoms. The van der Waals surface area contributed by atoms with E-state index >= 15 is 0 Å². The van der Waals surface area contributed by atoms with Gasteiger partial charge in [0.2, 0.25) is 5.88 Å². The quantitative estimate of drug-likeness (QED) is 0.343. The first kappa shape index (κ1) is 45.7. The Balaban J connectivity index is 1.61. The maximum absolute atomic E-state index is 14.4. The number of likely N-dealkylation sites (N-methyl/N-ethyl adjacent to an activating group) is 2. The molecule has 5 rings (SSSR count). The summed E-state index contributed by atoms with van der Waals surface area (Å²) in [6, 6.07) is 1.27. The van der Waals surface area contributed by atoms with E-state index in [4.69, 9.17) is 33.2 Å². The highest BCUT2D eigenvalue weighted by atomic mass is 16.7. The fourth-order valence-electron chi connectivity index (χ4n) is 9.75. The molecule has 2 bridgehead atoms. The molecule has 326 valence electrons. The lowest BCUT2D eigenvalue weighted by atomic mass is 9.78. The molecule has 4 fully saturated rings. The number of esters is 1. The van der Waals surface area contributed by atoms with Crippen molar-refractivity contribution in [1.29, 1.82) is 0 Å². The molecule has 3 N–H and O–H groups in total. The molecule has 4 saturated heterocycles. The van der Waals surface area contributed by atoms with Gasteiger partial charge in [-0.25, -0.2) is 0 Å². The third-order valence-electron chi connectivity index (χ3n) is 13.1. The Morgan fingerprint density at radius 3 is 2.30 bits per heavy atom. The van der Waals surface area contributed by atoms with Gasteiger partial charge in [-0.15, -0.1) is 0 Å². The second kappa shape index (κ2) is 18.1. The molecule has 5 heterocycles.